The van der Waals surface area contributed by atoms with E-state index < -0.39 is 0 Å². The molecule has 4 nitrogen and oxygen atoms in total. The molecule has 1 aliphatic rings. The first-order valence-electron chi connectivity index (χ1n) is 5.57. The van der Waals surface area contributed by atoms with Crippen LogP contribution in [0.25, 0.3) is 0 Å². The zero-order valence-electron chi connectivity index (χ0n) is 9.32. The third-order valence-electron chi connectivity index (χ3n) is 2.94. The van der Waals surface area contributed by atoms with Gasteiger partial charge in [-0.05, 0) is 26.7 Å². The average molecular weight is 210 g/mol. The number of nitrogens with one attached hydrogen (secondary N) is 1. The molecule has 0 unspecified atom stereocenters. The van der Waals surface area contributed by atoms with Gasteiger partial charge in [-0.2, -0.15) is 0 Å². The van der Waals surface area contributed by atoms with Crippen LogP contribution >= 0.6 is 0 Å². The third-order valence-corrected chi connectivity index (χ3v) is 2.94. The van der Waals surface area contributed by atoms with Gasteiger partial charge >= 0.3 is 0 Å². The fraction of sp³-hybridized carbons (Fsp3) is 0.727. The second-order valence-electron chi connectivity index (χ2n) is 4.40. The molecule has 1 aromatic rings. The smallest absolute Gasteiger partial charge is 0.264 e. The molecule has 15 heavy (non-hydrogen) atoms. The summed E-state index contributed by atoms with van der Waals surface area (Å²) in [6.07, 6.45) is 2.04. The van der Waals surface area contributed by atoms with E-state index in [4.69, 9.17) is 4.74 Å². The van der Waals surface area contributed by atoms with Crippen LogP contribution in [0, 0.1) is 0 Å². The first-order chi connectivity index (χ1) is 7.18. The molecule has 0 amide bonds. The van der Waals surface area contributed by atoms with Crippen LogP contribution in [0.1, 0.15) is 44.3 Å². The highest BCUT2D eigenvalue weighted by Gasteiger charge is 2.20. The third kappa shape index (κ3) is 2.15. The Morgan fingerprint density at radius 1 is 1.47 bits per heavy atom. The van der Waals surface area contributed by atoms with Crippen molar-refractivity contribution in [2.45, 2.75) is 38.6 Å². The van der Waals surface area contributed by atoms with E-state index in [1.165, 1.54) is 0 Å². The van der Waals surface area contributed by atoms with Crippen LogP contribution in [0.5, 0.6) is 0 Å². The van der Waals surface area contributed by atoms with Crippen molar-refractivity contribution in [2.75, 3.05) is 13.2 Å². The largest absolute Gasteiger partial charge is 0.381 e. The molecule has 1 aliphatic heterocycles. The van der Waals surface area contributed by atoms with E-state index in [2.05, 4.69) is 18.9 Å². The molecule has 0 aliphatic carbocycles. The Kier molecular flexibility index (Phi) is 2.95. The maximum atomic E-state index is 11.4. The van der Waals surface area contributed by atoms with Crippen LogP contribution in [0.3, 0.4) is 0 Å². The van der Waals surface area contributed by atoms with Gasteiger partial charge in [-0.15, -0.1) is 0 Å². The topological polar surface area (TPSA) is 47.0 Å². The van der Waals surface area contributed by atoms with Crippen molar-refractivity contribution >= 4 is 0 Å². The molecule has 0 aromatic carbocycles. The quantitative estimate of drug-likeness (QED) is 0.806. The molecule has 0 spiro atoms. The Morgan fingerprint density at radius 3 is 2.73 bits per heavy atom. The highest BCUT2D eigenvalue weighted by molar-refractivity contribution is 5.09. The first-order valence-corrected chi connectivity index (χ1v) is 5.57. The van der Waals surface area contributed by atoms with E-state index in [-0.39, 0.29) is 5.56 Å². The summed E-state index contributed by atoms with van der Waals surface area (Å²) in [7, 11) is 0. The van der Waals surface area contributed by atoms with Gasteiger partial charge < -0.3 is 4.74 Å². The number of aromatic nitrogens is 2. The fourth-order valence-corrected chi connectivity index (χ4v) is 2.15. The first kappa shape index (κ1) is 10.5. The van der Waals surface area contributed by atoms with E-state index in [1.807, 2.05) is 4.68 Å². The van der Waals surface area contributed by atoms with E-state index in [0.717, 1.165) is 31.7 Å². The zero-order valence-corrected chi connectivity index (χ0v) is 9.32. The number of nitrogens with zero attached hydrogens (tertiary/aromatic N) is 1. The average Bonchev–Trinajstić information content (AvgIpc) is 2.62. The normalized spacial score (nSPS) is 18.6. The second kappa shape index (κ2) is 4.23. The Morgan fingerprint density at radius 2 is 2.13 bits per heavy atom. The lowest BCUT2D eigenvalue weighted by molar-refractivity contribution is 0.0832. The molecule has 2 rings (SSSR count). The summed E-state index contributed by atoms with van der Waals surface area (Å²) in [5.74, 6) is 0.472. The molecule has 1 saturated heterocycles. The van der Waals surface area contributed by atoms with Gasteiger partial charge in [0.15, 0.2) is 0 Å². The van der Waals surface area contributed by atoms with Crippen LogP contribution in [0.2, 0.25) is 0 Å². The number of H-pyrrole nitrogens is 1. The Labute approximate surface area is 89.2 Å². The highest BCUT2D eigenvalue weighted by Crippen LogP contribution is 2.27. The van der Waals surface area contributed by atoms with Crippen LogP contribution < -0.4 is 5.56 Å². The van der Waals surface area contributed by atoms with Crippen molar-refractivity contribution in [3.05, 3.63) is 22.1 Å². The number of rotatable bonds is 2. The van der Waals surface area contributed by atoms with Crippen molar-refractivity contribution in [1.29, 1.82) is 0 Å². The molecule has 1 N–H and O–H groups in total. The number of hydrogen-bond donors (Lipinski definition) is 1. The van der Waals surface area contributed by atoms with Gasteiger partial charge in [0.25, 0.3) is 5.56 Å². The van der Waals surface area contributed by atoms with Crippen LogP contribution in [0.15, 0.2) is 10.9 Å². The summed E-state index contributed by atoms with van der Waals surface area (Å²) < 4.78 is 7.32. The molecule has 2 heterocycles. The van der Waals surface area contributed by atoms with Gasteiger partial charge in [0, 0.05) is 36.9 Å². The summed E-state index contributed by atoms with van der Waals surface area (Å²) in [4.78, 5) is 11.4. The minimum atomic E-state index is 0.00481. The lowest BCUT2D eigenvalue weighted by atomic mass is 9.96. The summed E-state index contributed by atoms with van der Waals surface area (Å²) in [5, 5.41) is 2.86. The van der Waals surface area contributed by atoms with Gasteiger partial charge in [0.2, 0.25) is 0 Å². The van der Waals surface area contributed by atoms with Gasteiger partial charge in [0.1, 0.15) is 0 Å². The lowest BCUT2D eigenvalue weighted by Crippen LogP contribution is -2.18. The summed E-state index contributed by atoms with van der Waals surface area (Å²) in [6, 6.07) is 2.04. The van der Waals surface area contributed by atoms with Gasteiger partial charge in [-0.25, -0.2) is 0 Å². The number of hydrogen-bond acceptors (Lipinski definition) is 2. The van der Waals surface area contributed by atoms with Crippen LogP contribution in [0.4, 0.5) is 0 Å². The summed E-state index contributed by atoms with van der Waals surface area (Å²) in [5.41, 5.74) is 1.14. The number of ether oxygens (including phenoxy) is 1. The molecule has 0 radical (unpaired) electrons. The molecule has 84 valence electrons. The van der Waals surface area contributed by atoms with Crippen LogP contribution in [-0.2, 0) is 4.74 Å². The molecular formula is C11H18N2O2. The Balaban J connectivity index is 2.29. The maximum Gasteiger partial charge on any atom is 0.264 e. The predicted molar refractivity (Wildman–Crippen MR) is 58.2 cm³/mol. The molecule has 0 atom stereocenters. The standard InChI is InChI=1S/C11H18N2O2/c1-8(2)13-10(7-11(14)12-13)9-3-5-15-6-4-9/h7-9H,3-6H2,1-2H3,(H,12,14). The molecular weight excluding hydrogens is 192 g/mol. The van der Waals surface area contributed by atoms with Crippen molar-refractivity contribution in [1.82, 2.24) is 9.78 Å². The van der Waals surface area contributed by atoms with E-state index >= 15 is 0 Å². The van der Waals surface area contributed by atoms with Crippen molar-refractivity contribution in [2.24, 2.45) is 0 Å². The molecule has 0 bridgehead atoms. The minimum Gasteiger partial charge on any atom is -0.381 e. The predicted octanol–water partition coefficient (Wildman–Crippen LogP) is 1.65. The Bertz CT molecular complexity index is 372. The van der Waals surface area contributed by atoms with Gasteiger partial charge in [-0.3, -0.25) is 14.6 Å². The van der Waals surface area contributed by atoms with Crippen molar-refractivity contribution < 1.29 is 4.74 Å². The maximum absolute atomic E-state index is 11.4. The zero-order chi connectivity index (χ0) is 10.8. The lowest BCUT2D eigenvalue weighted by Gasteiger charge is -2.24. The molecule has 1 aromatic heterocycles. The van der Waals surface area contributed by atoms with E-state index in [9.17, 15) is 4.79 Å². The van der Waals surface area contributed by atoms with Crippen molar-refractivity contribution in [3.8, 4) is 0 Å². The van der Waals surface area contributed by atoms with Crippen LogP contribution in [-0.4, -0.2) is 23.0 Å². The summed E-state index contributed by atoms with van der Waals surface area (Å²) >= 11 is 0. The molecule has 1 fully saturated rings. The van der Waals surface area contributed by atoms with E-state index in [0.29, 0.717) is 12.0 Å². The minimum absolute atomic E-state index is 0.00481. The molecule has 4 heteroatoms. The van der Waals surface area contributed by atoms with Gasteiger partial charge in [0.05, 0.1) is 0 Å². The van der Waals surface area contributed by atoms with Gasteiger partial charge in [-0.1, -0.05) is 0 Å². The number of aromatic amines is 1. The second-order valence-corrected chi connectivity index (χ2v) is 4.40. The SMILES string of the molecule is CC(C)n1[nH]c(=O)cc1C1CCOCC1. The monoisotopic (exact) mass is 210 g/mol. The highest BCUT2D eigenvalue weighted by atomic mass is 16.5. The summed E-state index contributed by atoms with van der Waals surface area (Å²) in [6.45, 7) is 5.78. The fourth-order valence-electron chi connectivity index (χ4n) is 2.15. The van der Waals surface area contributed by atoms with Crippen molar-refractivity contribution in [3.63, 3.8) is 0 Å². The molecule has 0 saturated carbocycles. The van der Waals surface area contributed by atoms with E-state index in [1.54, 1.807) is 6.07 Å². The Hall–Kier alpha value is -1.03.